The number of fused-ring (bicyclic) bond motifs is 1. The molecule has 5 nitrogen and oxygen atoms in total. The van der Waals surface area contributed by atoms with Gasteiger partial charge in [0.1, 0.15) is 10.9 Å². The zero-order valence-corrected chi connectivity index (χ0v) is 15.4. The molecule has 0 aliphatic heterocycles. The van der Waals surface area contributed by atoms with Gasteiger partial charge in [0, 0.05) is 10.9 Å². The van der Waals surface area contributed by atoms with Crippen LogP contribution in [-0.4, -0.2) is 23.7 Å². The summed E-state index contributed by atoms with van der Waals surface area (Å²) in [5.74, 6) is 0.0204. The van der Waals surface area contributed by atoms with Gasteiger partial charge in [0.05, 0.1) is 16.8 Å². The van der Waals surface area contributed by atoms with Crippen molar-refractivity contribution < 1.29 is 9.53 Å². The highest BCUT2D eigenvalue weighted by Crippen LogP contribution is 2.23. The summed E-state index contributed by atoms with van der Waals surface area (Å²) in [5.41, 5.74) is 4.90. The molecule has 1 heterocycles. The third-order valence-electron chi connectivity index (χ3n) is 3.54. The molecule has 0 bridgehead atoms. The number of benzene rings is 2. The highest BCUT2D eigenvalue weighted by atomic mass is 35.5. The molecule has 0 fully saturated rings. The molecular weight excluding hydrogens is 373 g/mol. The molecule has 0 radical (unpaired) electrons. The smallest absolute Gasteiger partial charge is 0.277 e. The van der Waals surface area contributed by atoms with Crippen molar-refractivity contribution in [2.45, 2.75) is 6.92 Å². The van der Waals surface area contributed by atoms with Crippen molar-refractivity contribution in [2.75, 3.05) is 6.61 Å². The molecule has 1 N–H and O–H groups in total. The van der Waals surface area contributed by atoms with Gasteiger partial charge in [0.2, 0.25) is 0 Å². The van der Waals surface area contributed by atoms with Gasteiger partial charge in [-0.15, -0.1) is 0 Å². The molecule has 0 unspecified atom stereocenters. The van der Waals surface area contributed by atoms with Gasteiger partial charge in [-0.3, -0.25) is 4.79 Å². The van der Waals surface area contributed by atoms with E-state index in [0.717, 1.165) is 16.5 Å². The molecule has 3 rings (SSSR count). The Morgan fingerprint density at radius 3 is 2.85 bits per heavy atom. The average molecular weight is 388 g/mol. The maximum atomic E-state index is 11.8. The van der Waals surface area contributed by atoms with Crippen molar-refractivity contribution >= 4 is 46.2 Å². The summed E-state index contributed by atoms with van der Waals surface area (Å²) in [7, 11) is 0. The normalized spacial score (nSPS) is 11.0. The first kappa shape index (κ1) is 18.2. The molecule has 3 aromatic rings. The number of aromatic nitrogens is 1. The summed E-state index contributed by atoms with van der Waals surface area (Å²) < 4.78 is 5.34. The molecule has 1 aromatic heterocycles. The van der Waals surface area contributed by atoms with Gasteiger partial charge in [0.25, 0.3) is 5.91 Å². The number of carbonyl (C=O) groups is 1. The average Bonchev–Trinajstić information content (AvgIpc) is 2.61. The second-order valence-corrected chi connectivity index (χ2v) is 6.34. The van der Waals surface area contributed by atoms with Crippen LogP contribution in [0.4, 0.5) is 0 Å². The maximum absolute atomic E-state index is 11.8. The number of rotatable bonds is 5. The van der Waals surface area contributed by atoms with Crippen LogP contribution >= 0.6 is 23.2 Å². The van der Waals surface area contributed by atoms with Crippen LogP contribution in [0.3, 0.4) is 0 Å². The van der Waals surface area contributed by atoms with E-state index in [2.05, 4.69) is 15.5 Å². The highest BCUT2D eigenvalue weighted by molar-refractivity contribution is 6.32. The van der Waals surface area contributed by atoms with Crippen molar-refractivity contribution in [3.63, 3.8) is 0 Å². The summed E-state index contributed by atoms with van der Waals surface area (Å²) in [6, 6.07) is 14.7. The van der Waals surface area contributed by atoms with Crippen molar-refractivity contribution in [3.05, 3.63) is 69.8 Å². The summed E-state index contributed by atoms with van der Waals surface area (Å²) >= 11 is 12.1. The molecule has 7 heteroatoms. The fraction of sp³-hybridized carbons (Fsp3) is 0.105. The van der Waals surface area contributed by atoms with Crippen LogP contribution in [0.5, 0.6) is 5.75 Å². The van der Waals surface area contributed by atoms with Crippen LogP contribution < -0.4 is 10.2 Å². The fourth-order valence-corrected chi connectivity index (χ4v) is 2.66. The molecule has 0 saturated carbocycles. The molecule has 0 aliphatic rings. The molecule has 0 saturated heterocycles. The zero-order chi connectivity index (χ0) is 18.5. The van der Waals surface area contributed by atoms with Gasteiger partial charge in [-0.25, -0.2) is 10.4 Å². The summed E-state index contributed by atoms with van der Waals surface area (Å²) in [6.07, 6.45) is 1.45. The third-order valence-corrected chi connectivity index (χ3v) is 4.16. The van der Waals surface area contributed by atoms with Crippen LogP contribution in [0.1, 0.15) is 11.1 Å². The molecule has 1 amide bonds. The van der Waals surface area contributed by atoms with Gasteiger partial charge in [-0.2, -0.15) is 5.10 Å². The molecular formula is C19H15Cl2N3O2. The topological polar surface area (TPSA) is 63.6 Å². The van der Waals surface area contributed by atoms with Gasteiger partial charge in [-0.05, 0) is 36.8 Å². The minimum atomic E-state index is -0.415. The molecule has 0 atom stereocenters. The Bertz CT molecular complexity index is 990. The highest BCUT2D eigenvalue weighted by Gasteiger charge is 2.06. The summed E-state index contributed by atoms with van der Waals surface area (Å²) in [4.78, 5) is 16.2. The minimum absolute atomic E-state index is 0.204. The third kappa shape index (κ3) is 4.50. The van der Waals surface area contributed by atoms with Crippen LogP contribution in [0.15, 0.2) is 53.6 Å². The van der Waals surface area contributed by atoms with Crippen LogP contribution in [-0.2, 0) is 4.79 Å². The van der Waals surface area contributed by atoms with E-state index in [0.29, 0.717) is 21.5 Å². The first-order valence-electron chi connectivity index (χ1n) is 7.79. The standard InChI is InChI=1S/C19H15Cl2N3O2/c1-12-6-7-13-9-14(19(21)23-16(13)8-12)10-22-24-18(25)11-26-17-5-3-2-4-15(17)20/h2-10H,11H2,1H3,(H,24,25). The number of hydrogen-bond donors (Lipinski definition) is 1. The van der Waals surface area contributed by atoms with Gasteiger partial charge >= 0.3 is 0 Å². The summed E-state index contributed by atoms with van der Waals surface area (Å²) in [5, 5.41) is 5.59. The molecule has 0 aliphatic carbocycles. The van der Waals surface area contributed by atoms with Gasteiger partial charge in [0.15, 0.2) is 6.61 Å². The molecule has 132 valence electrons. The van der Waals surface area contributed by atoms with E-state index in [1.807, 2.05) is 31.2 Å². The number of ether oxygens (including phenoxy) is 1. The Kier molecular flexibility index (Phi) is 5.71. The maximum Gasteiger partial charge on any atom is 0.277 e. The van der Waals surface area contributed by atoms with Crippen molar-refractivity contribution in [2.24, 2.45) is 5.10 Å². The lowest BCUT2D eigenvalue weighted by atomic mass is 10.1. The minimum Gasteiger partial charge on any atom is -0.482 e. The first-order chi connectivity index (χ1) is 12.5. The Morgan fingerprint density at radius 2 is 2.04 bits per heavy atom. The van der Waals surface area contributed by atoms with Gasteiger partial charge in [-0.1, -0.05) is 47.5 Å². The lowest BCUT2D eigenvalue weighted by molar-refractivity contribution is -0.123. The Balaban J connectivity index is 1.62. The number of nitrogens with one attached hydrogen (secondary N) is 1. The quantitative estimate of drug-likeness (QED) is 0.401. The predicted octanol–water partition coefficient (Wildman–Crippen LogP) is 4.38. The van der Waals surface area contributed by atoms with E-state index < -0.39 is 5.91 Å². The SMILES string of the molecule is Cc1ccc2cc(C=NNC(=O)COc3ccccc3Cl)c(Cl)nc2c1. The van der Waals surface area contributed by atoms with E-state index in [1.54, 1.807) is 24.3 Å². The molecule has 2 aromatic carbocycles. The summed E-state index contributed by atoms with van der Waals surface area (Å²) in [6.45, 7) is 1.79. The molecule has 0 spiro atoms. The first-order valence-corrected chi connectivity index (χ1v) is 8.54. The number of aryl methyl sites for hydroxylation is 1. The monoisotopic (exact) mass is 387 g/mol. The Morgan fingerprint density at radius 1 is 1.23 bits per heavy atom. The van der Waals surface area contributed by atoms with E-state index >= 15 is 0 Å². The molecule has 26 heavy (non-hydrogen) atoms. The van der Waals surface area contributed by atoms with Crippen LogP contribution in [0.25, 0.3) is 10.9 Å². The number of carbonyl (C=O) groups excluding carboxylic acids is 1. The zero-order valence-electron chi connectivity index (χ0n) is 13.9. The lowest BCUT2D eigenvalue weighted by Crippen LogP contribution is -2.24. The van der Waals surface area contributed by atoms with Crippen LogP contribution in [0, 0.1) is 6.92 Å². The van der Waals surface area contributed by atoms with E-state index in [-0.39, 0.29) is 6.61 Å². The number of halogens is 2. The van der Waals surface area contributed by atoms with E-state index in [9.17, 15) is 4.79 Å². The van der Waals surface area contributed by atoms with Crippen molar-refractivity contribution in [1.82, 2.24) is 10.4 Å². The second-order valence-electron chi connectivity index (χ2n) is 5.58. The van der Waals surface area contributed by atoms with E-state index in [1.165, 1.54) is 6.21 Å². The van der Waals surface area contributed by atoms with Crippen molar-refractivity contribution in [1.29, 1.82) is 0 Å². The Hall–Kier alpha value is -2.63. The van der Waals surface area contributed by atoms with Crippen LogP contribution in [0.2, 0.25) is 10.2 Å². The van der Waals surface area contributed by atoms with Gasteiger partial charge < -0.3 is 4.74 Å². The largest absolute Gasteiger partial charge is 0.482 e. The number of pyridine rings is 1. The Labute approximate surface area is 160 Å². The van der Waals surface area contributed by atoms with E-state index in [4.69, 9.17) is 27.9 Å². The number of amides is 1. The number of hydrazone groups is 1. The van der Waals surface area contributed by atoms with Crippen molar-refractivity contribution in [3.8, 4) is 5.75 Å². The number of hydrogen-bond acceptors (Lipinski definition) is 4. The number of para-hydroxylation sites is 1. The lowest BCUT2D eigenvalue weighted by Gasteiger charge is -2.06. The number of nitrogens with zero attached hydrogens (tertiary/aromatic N) is 2. The predicted molar refractivity (Wildman–Crippen MR) is 104 cm³/mol. The fourth-order valence-electron chi connectivity index (χ4n) is 2.27. The second kappa shape index (κ2) is 8.17.